The third-order valence-electron chi connectivity index (χ3n) is 9.76. The average Bonchev–Trinajstić information content (AvgIpc) is 3.42. The number of fused-ring (bicyclic) bond motifs is 9. The van der Waals surface area contributed by atoms with E-state index in [-0.39, 0.29) is 0 Å². The fourth-order valence-electron chi connectivity index (χ4n) is 7.94. The van der Waals surface area contributed by atoms with Gasteiger partial charge in [0.25, 0.3) is 0 Å². The maximum absolute atomic E-state index is 2.38. The molecular weight excluding hydrogens is 528 g/mol. The van der Waals surface area contributed by atoms with E-state index in [1.165, 1.54) is 97.7 Å². The van der Waals surface area contributed by atoms with Crippen molar-refractivity contribution in [3.63, 3.8) is 0 Å². The van der Waals surface area contributed by atoms with Gasteiger partial charge in [-0.1, -0.05) is 146 Å². The largest absolute Gasteiger partial charge is 0.0616 e. The van der Waals surface area contributed by atoms with Crippen LogP contribution in [0.1, 0.15) is 0 Å². The molecule has 0 spiro atoms. The van der Waals surface area contributed by atoms with Crippen LogP contribution in [-0.2, 0) is 0 Å². The Kier molecular flexibility index (Phi) is 4.81. The lowest BCUT2D eigenvalue weighted by atomic mass is 9.86. The summed E-state index contributed by atoms with van der Waals surface area (Å²) in [7, 11) is 0. The van der Waals surface area contributed by atoms with Gasteiger partial charge in [0.05, 0.1) is 0 Å². The molecule has 10 aromatic carbocycles. The highest BCUT2D eigenvalue weighted by Gasteiger charge is 2.20. The van der Waals surface area contributed by atoms with Crippen molar-refractivity contribution in [2.24, 2.45) is 0 Å². The van der Waals surface area contributed by atoms with Gasteiger partial charge in [-0.25, -0.2) is 0 Å². The Morgan fingerprint density at radius 1 is 0.205 bits per heavy atom. The van der Waals surface area contributed by atoms with E-state index < -0.39 is 0 Å². The van der Waals surface area contributed by atoms with Gasteiger partial charge in [0.1, 0.15) is 0 Å². The van der Waals surface area contributed by atoms with E-state index in [2.05, 4.69) is 158 Å². The van der Waals surface area contributed by atoms with Gasteiger partial charge in [0.2, 0.25) is 0 Å². The van der Waals surface area contributed by atoms with Crippen LogP contribution in [0.3, 0.4) is 0 Å². The van der Waals surface area contributed by atoms with Crippen molar-refractivity contribution in [2.45, 2.75) is 0 Å². The molecule has 0 saturated carbocycles. The molecule has 0 bridgehead atoms. The molecule has 0 nitrogen and oxygen atoms in total. The predicted octanol–water partition coefficient (Wildman–Crippen LogP) is 12.5. The molecule has 44 heavy (non-hydrogen) atoms. The molecule has 0 amide bonds. The van der Waals surface area contributed by atoms with E-state index in [4.69, 9.17) is 0 Å². The molecule has 1 aliphatic rings. The molecule has 1 aliphatic carbocycles. The van der Waals surface area contributed by atoms with Crippen LogP contribution in [0.15, 0.2) is 158 Å². The Morgan fingerprint density at radius 3 is 1.05 bits per heavy atom. The molecule has 0 aliphatic heterocycles. The van der Waals surface area contributed by atoms with Crippen LogP contribution < -0.4 is 0 Å². The van der Waals surface area contributed by atoms with Crippen molar-refractivity contribution in [3.05, 3.63) is 158 Å². The number of rotatable bonds is 0. The Morgan fingerprint density at radius 2 is 0.545 bits per heavy atom. The van der Waals surface area contributed by atoms with Crippen molar-refractivity contribution < 1.29 is 0 Å². The molecule has 0 heteroatoms. The topological polar surface area (TPSA) is 0 Å². The van der Waals surface area contributed by atoms with E-state index in [0.29, 0.717) is 0 Å². The van der Waals surface area contributed by atoms with Crippen LogP contribution in [0.5, 0.6) is 0 Å². The molecule has 0 radical (unpaired) electrons. The highest BCUT2D eigenvalue weighted by atomic mass is 14.2. The summed E-state index contributed by atoms with van der Waals surface area (Å²) in [5.41, 5.74) is 5.50. The summed E-state index contributed by atoms with van der Waals surface area (Å²) in [6, 6.07) is 57.6. The van der Waals surface area contributed by atoms with Crippen molar-refractivity contribution >= 4 is 75.4 Å². The van der Waals surface area contributed by atoms with Gasteiger partial charge in [-0.05, 0) is 110 Å². The minimum absolute atomic E-state index is 1.31. The van der Waals surface area contributed by atoms with Crippen LogP contribution in [0.4, 0.5) is 0 Å². The van der Waals surface area contributed by atoms with Crippen LogP contribution in [-0.4, -0.2) is 0 Å². The van der Waals surface area contributed by atoms with Crippen LogP contribution >= 0.6 is 0 Å². The summed E-state index contributed by atoms with van der Waals surface area (Å²) in [5, 5.41) is 18.9. The molecular formula is C44H26. The first kappa shape index (κ1) is 23.8. The molecule has 0 aromatic heterocycles. The van der Waals surface area contributed by atoms with Crippen LogP contribution in [0, 0.1) is 0 Å². The second-order valence-corrected chi connectivity index (χ2v) is 12.0. The zero-order valence-electron chi connectivity index (χ0n) is 24.0. The summed E-state index contributed by atoms with van der Waals surface area (Å²) >= 11 is 0. The zero-order chi connectivity index (χ0) is 28.8. The summed E-state index contributed by atoms with van der Waals surface area (Å²) in [6.45, 7) is 0. The van der Waals surface area contributed by atoms with E-state index in [1.807, 2.05) is 0 Å². The maximum Gasteiger partial charge on any atom is -0.00199 e. The molecule has 202 valence electrons. The van der Waals surface area contributed by atoms with Crippen LogP contribution in [0.2, 0.25) is 0 Å². The summed E-state index contributed by atoms with van der Waals surface area (Å²) < 4.78 is 0. The highest BCUT2D eigenvalue weighted by molar-refractivity contribution is 6.38. The minimum Gasteiger partial charge on any atom is -0.0616 e. The third-order valence-corrected chi connectivity index (χ3v) is 9.76. The summed E-state index contributed by atoms with van der Waals surface area (Å²) in [6.07, 6.45) is 0. The number of hydrogen-bond acceptors (Lipinski definition) is 0. The molecule has 11 rings (SSSR count). The van der Waals surface area contributed by atoms with Crippen LogP contribution in [0.25, 0.3) is 97.7 Å². The highest BCUT2D eigenvalue weighted by Crippen LogP contribution is 2.47. The molecule has 0 N–H and O–H groups in total. The molecule has 0 unspecified atom stereocenters. The fraction of sp³-hybridized carbons (Fsp3) is 0. The van der Waals surface area contributed by atoms with Gasteiger partial charge in [-0.3, -0.25) is 0 Å². The summed E-state index contributed by atoms with van der Waals surface area (Å²) in [5.74, 6) is 0. The Labute approximate surface area is 254 Å². The first-order valence-electron chi connectivity index (χ1n) is 15.4. The minimum atomic E-state index is 1.31. The lowest BCUT2D eigenvalue weighted by molar-refractivity contribution is 1.70. The maximum atomic E-state index is 2.38. The van der Waals surface area contributed by atoms with Gasteiger partial charge in [0.15, 0.2) is 0 Å². The SMILES string of the molecule is c1ccc2c(c1)-c1cccc3cccc-2c13.c1ccc2c(c1)cc1c3cccc4c5ccccc5cc(c5cccc2c51)c43. The Balaban J connectivity index is 0.000000135. The lowest BCUT2D eigenvalue weighted by Crippen LogP contribution is -1.89. The second-order valence-electron chi connectivity index (χ2n) is 12.0. The average molecular weight is 555 g/mol. The van der Waals surface area contributed by atoms with Crippen molar-refractivity contribution in [1.82, 2.24) is 0 Å². The number of benzene rings is 10. The van der Waals surface area contributed by atoms with E-state index in [9.17, 15) is 0 Å². The monoisotopic (exact) mass is 554 g/mol. The first-order valence-corrected chi connectivity index (χ1v) is 15.4. The molecule has 0 fully saturated rings. The van der Waals surface area contributed by atoms with Gasteiger partial charge < -0.3 is 0 Å². The predicted molar refractivity (Wildman–Crippen MR) is 191 cm³/mol. The normalized spacial score (nSPS) is 12.1. The Hall–Kier alpha value is -5.72. The standard InChI is InChI=1S/C28H16.C16H10/c1-3-9-19-17(7-1)15-25-23-13-6-12-22-20-10-4-2-8-18(20)16-26(28(22)23)24-14-5-11-21(19)27(24)25;1-2-8-13-12(7-1)14-9-3-5-11-6-4-10-15(13)16(11)14/h1-16H;1-10H. The van der Waals surface area contributed by atoms with Crippen molar-refractivity contribution in [2.75, 3.05) is 0 Å². The lowest BCUT2D eigenvalue weighted by Gasteiger charge is -2.17. The van der Waals surface area contributed by atoms with Gasteiger partial charge in [0, 0.05) is 0 Å². The van der Waals surface area contributed by atoms with E-state index >= 15 is 0 Å². The fourth-order valence-corrected chi connectivity index (χ4v) is 7.94. The zero-order valence-corrected chi connectivity index (χ0v) is 24.0. The third kappa shape index (κ3) is 3.17. The smallest absolute Gasteiger partial charge is 0.00199 e. The number of hydrogen-bond donors (Lipinski definition) is 0. The van der Waals surface area contributed by atoms with E-state index in [1.54, 1.807) is 0 Å². The van der Waals surface area contributed by atoms with E-state index in [0.717, 1.165) is 0 Å². The van der Waals surface area contributed by atoms with Crippen molar-refractivity contribution in [1.29, 1.82) is 0 Å². The Bertz CT molecular complexity index is 2580. The van der Waals surface area contributed by atoms with Gasteiger partial charge in [-0.2, -0.15) is 0 Å². The molecule has 0 heterocycles. The quantitative estimate of drug-likeness (QED) is 0.129. The molecule has 0 saturated heterocycles. The first-order chi connectivity index (χ1) is 21.8. The summed E-state index contributed by atoms with van der Waals surface area (Å²) in [4.78, 5) is 0. The molecule has 0 atom stereocenters. The molecule has 10 aromatic rings. The van der Waals surface area contributed by atoms with Gasteiger partial charge in [-0.15, -0.1) is 0 Å². The second kappa shape index (κ2) is 8.89. The van der Waals surface area contributed by atoms with Crippen molar-refractivity contribution in [3.8, 4) is 22.3 Å². The van der Waals surface area contributed by atoms with Gasteiger partial charge >= 0.3 is 0 Å².